The first-order chi connectivity index (χ1) is 26.1. The van der Waals surface area contributed by atoms with E-state index in [0.29, 0.717) is 18.6 Å². The van der Waals surface area contributed by atoms with Crippen LogP contribution in [-0.2, 0) is 18.6 Å². The summed E-state index contributed by atoms with van der Waals surface area (Å²) in [5.41, 5.74) is 2.90. The minimum atomic E-state index is -3.84. The van der Waals surface area contributed by atoms with Crippen molar-refractivity contribution in [2.75, 3.05) is 25.0 Å². The van der Waals surface area contributed by atoms with Gasteiger partial charge in [-0.15, -0.1) is 0 Å². The van der Waals surface area contributed by atoms with Crippen LogP contribution in [0.3, 0.4) is 0 Å². The highest BCUT2D eigenvalue weighted by Crippen LogP contribution is 2.50. The van der Waals surface area contributed by atoms with E-state index in [9.17, 15) is 24.4 Å². The van der Waals surface area contributed by atoms with Gasteiger partial charge in [0.15, 0.2) is 6.23 Å². The van der Waals surface area contributed by atoms with Gasteiger partial charge in [-0.2, -0.15) is 4.98 Å². The van der Waals surface area contributed by atoms with E-state index in [4.69, 9.17) is 19.5 Å². The largest absolute Gasteiger partial charge is 0.424 e. The lowest BCUT2D eigenvalue weighted by Crippen LogP contribution is -2.46. The van der Waals surface area contributed by atoms with Gasteiger partial charge < -0.3 is 30.5 Å². The molecule has 1 unspecified atom stereocenters. The highest BCUT2D eigenvalue weighted by molar-refractivity contribution is 7.54. The van der Waals surface area contributed by atoms with Gasteiger partial charge in [0.2, 0.25) is 5.91 Å². The Morgan fingerprint density at radius 2 is 1.54 bits per heavy atom. The van der Waals surface area contributed by atoms with E-state index >= 15 is 0 Å². The number of hydrogen-bond donors (Lipinski definition) is 4. The molecule has 1 aromatic heterocycles. The third-order valence-corrected chi connectivity index (χ3v) is 10.2. The Morgan fingerprint density at radius 1 is 0.963 bits per heavy atom. The van der Waals surface area contributed by atoms with Crippen LogP contribution in [0.1, 0.15) is 77.9 Å². The van der Waals surface area contributed by atoms with E-state index in [1.165, 1.54) is 19.2 Å². The standard InChI is InChI=1S/C41H57N4O8P/c1-3-4-5-6-7-8-9-10-11-12-13-14-15-16-17-18-19-20-24-28-37(46)43-30-25-32-54(50,53-34-26-22-21-23-27-34)51-33-35-38(47)41(2,49)39(52-35)45-31-29-36(42)44-40(45)48/h4-5,7-8,10-11,13-14,16-17,19-23,26-27,29,31,35,38-39,47,49H,3,6,9,12,15,18,24-25,28,30,32-33H2,1-2H3,(H,43,46)(H2,42,44,48)/b5-4-,8-7-,11-10-,14-13-,17-16-,20-19-/t35-,38-,39-,41-,54?/m1/s1. The van der Waals surface area contributed by atoms with Crippen molar-refractivity contribution in [3.05, 3.63) is 126 Å². The van der Waals surface area contributed by atoms with Gasteiger partial charge >= 0.3 is 13.3 Å². The van der Waals surface area contributed by atoms with Crippen LogP contribution in [0.2, 0.25) is 0 Å². The zero-order valence-corrected chi connectivity index (χ0v) is 32.3. The molecular weight excluding hydrogens is 707 g/mol. The molecule has 0 radical (unpaired) electrons. The van der Waals surface area contributed by atoms with Crippen LogP contribution in [0.5, 0.6) is 5.75 Å². The fraction of sp³-hybridized carbons (Fsp3) is 0.439. The Kier molecular flexibility index (Phi) is 19.7. The maximum absolute atomic E-state index is 13.9. The molecule has 12 nitrogen and oxygen atoms in total. The van der Waals surface area contributed by atoms with Crippen LogP contribution >= 0.6 is 7.60 Å². The highest BCUT2D eigenvalue weighted by atomic mass is 31.2. The average molecular weight is 765 g/mol. The molecule has 54 heavy (non-hydrogen) atoms. The molecule has 1 fully saturated rings. The lowest BCUT2D eigenvalue weighted by Gasteiger charge is -2.27. The molecule has 0 spiro atoms. The number of aromatic nitrogens is 2. The Bertz CT molecular complexity index is 1700. The second-order valence-corrected chi connectivity index (χ2v) is 15.0. The summed E-state index contributed by atoms with van der Waals surface area (Å²) in [6, 6.07) is 9.87. The highest BCUT2D eigenvalue weighted by Gasteiger charge is 2.54. The molecule has 2 heterocycles. The summed E-state index contributed by atoms with van der Waals surface area (Å²) in [5.74, 6) is 0.185. The van der Waals surface area contributed by atoms with Gasteiger partial charge in [0.1, 0.15) is 29.4 Å². The molecule has 294 valence electrons. The predicted molar refractivity (Wildman–Crippen MR) is 214 cm³/mol. The number of nitrogens with one attached hydrogen (secondary N) is 1. The lowest BCUT2D eigenvalue weighted by atomic mass is 9.96. The zero-order valence-electron chi connectivity index (χ0n) is 31.4. The molecule has 0 aliphatic carbocycles. The number of carbonyl (C=O) groups is 1. The van der Waals surface area contributed by atoms with Crippen LogP contribution in [-0.4, -0.2) is 62.8 Å². The number of para-hydroxylation sites is 1. The number of nitrogen functional groups attached to an aromatic ring is 1. The number of nitrogens with two attached hydrogens (primary N) is 1. The van der Waals surface area contributed by atoms with E-state index in [-0.39, 0.29) is 30.9 Å². The molecule has 5 N–H and O–H groups in total. The van der Waals surface area contributed by atoms with Crippen molar-refractivity contribution in [2.24, 2.45) is 0 Å². The Morgan fingerprint density at radius 3 is 2.11 bits per heavy atom. The maximum atomic E-state index is 13.9. The lowest BCUT2D eigenvalue weighted by molar-refractivity contribution is -0.121. The quantitative estimate of drug-likeness (QED) is 0.0490. The molecule has 1 aromatic carbocycles. The second-order valence-electron chi connectivity index (χ2n) is 12.9. The third kappa shape index (κ3) is 16.0. The molecule has 13 heteroatoms. The fourth-order valence-electron chi connectivity index (χ4n) is 5.39. The Labute approximate surface area is 319 Å². The van der Waals surface area contributed by atoms with Crippen LogP contribution in [0.25, 0.3) is 0 Å². The van der Waals surface area contributed by atoms with E-state index in [1.54, 1.807) is 30.3 Å². The summed E-state index contributed by atoms with van der Waals surface area (Å²) in [5, 5.41) is 24.7. The number of benzene rings is 1. The molecule has 0 bridgehead atoms. The van der Waals surface area contributed by atoms with Crippen LogP contribution in [0, 0.1) is 0 Å². The number of allylic oxidation sites excluding steroid dienone is 12. The molecular formula is C41H57N4O8P. The van der Waals surface area contributed by atoms with Crippen molar-refractivity contribution in [2.45, 2.75) is 95.7 Å². The van der Waals surface area contributed by atoms with Gasteiger partial charge in [0.25, 0.3) is 0 Å². The van der Waals surface area contributed by atoms with E-state index < -0.39 is 43.9 Å². The summed E-state index contributed by atoms with van der Waals surface area (Å²) in [4.78, 5) is 28.5. The number of anilines is 1. The van der Waals surface area contributed by atoms with Gasteiger partial charge in [-0.1, -0.05) is 98.0 Å². The number of nitrogens with zero attached hydrogens (tertiary/aromatic N) is 2. The number of rotatable bonds is 24. The Hall–Kier alpha value is -4.32. The van der Waals surface area contributed by atoms with Crippen molar-refractivity contribution in [3.8, 4) is 5.75 Å². The average Bonchev–Trinajstić information content (AvgIpc) is 3.37. The monoisotopic (exact) mass is 764 g/mol. The number of carbonyl (C=O) groups excluding carboxylic acids is 1. The first kappa shape index (κ1) is 44.1. The van der Waals surface area contributed by atoms with Gasteiger partial charge in [-0.25, -0.2) is 9.36 Å². The fourth-order valence-corrected chi connectivity index (χ4v) is 7.03. The van der Waals surface area contributed by atoms with E-state index in [0.717, 1.165) is 43.1 Å². The summed E-state index contributed by atoms with van der Waals surface area (Å²) >= 11 is 0. The van der Waals surface area contributed by atoms with E-state index in [2.05, 4.69) is 78.0 Å². The predicted octanol–water partition coefficient (Wildman–Crippen LogP) is 7.11. The van der Waals surface area contributed by atoms with Crippen molar-refractivity contribution >= 4 is 19.3 Å². The van der Waals surface area contributed by atoms with Crippen molar-refractivity contribution < 1.29 is 33.4 Å². The summed E-state index contributed by atoms with van der Waals surface area (Å²) in [6.45, 7) is 3.29. The number of ether oxygens (including phenoxy) is 1. The van der Waals surface area contributed by atoms with Crippen LogP contribution in [0.15, 0.2) is 120 Å². The molecule has 3 rings (SSSR count). The number of amides is 1. The van der Waals surface area contributed by atoms with Crippen LogP contribution in [0.4, 0.5) is 5.82 Å². The molecule has 5 atom stereocenters. The first-order valence-corrected chi connectivity index (χ1v) is 20.3. The minimum Gasteiger partial charge on any atom is -0.424 e. The summed E-state index contributed by atoms with van der Waals surface area (Å²) in [6.07, 6.45) is 29.8. The smallest absolute Gasteiger partial charge is 0.379 e. The maximum Gasteiger partial charge on any atom is 0.379 e. The van der Waals surface area contributed by atoms with E-state index in [1.807, 2.05) is 12.2 Å². The van der Waals surface area contributed by atoms with Crippen molar-refractivity contribution in [1.29, 1.82) is 0 Å². The van der Waals surface area contributed by atoms with Gasteiger partial charge in [0.05, 0.1) is 12.8 Å². The molecule has 0 saturated carbocycles. The number of hydrogen-bond acceptors (Lipinski definition) is 10. The summed E-state index contributed by atoms with van der Waals surface area (Å²) < 4.78 is 32.3. The normalized spacial score (nSPS) is 21.7. The topological polar surface area (TPSA) is 175 Å². The second kappa shape index (κ2) is 24.2. The molecule has 1 amide bonds. The SMILES string of the molecule is CC/C=C\C/C=C\C/C=C\C/C=C\C/C=C\C/C=C\CCC(=O)NCCCP(=O)(OC[C@H]1O[C@@H](n2ccc(N)nc2=O)[C@](C)(O)[C@@H]1O)Oc1ccccc1. The van der Waals surface area contributed by atoms with Gasteiger partial charge in [-0.05, 0) is 76.5 Å². The van der Waals surface area contributed by atoms with Gasteiger partial charge in [-0.3, -0.25) is 13.9 Å². The molecule has 1 aliphatic heterocycles. The van der Waals surface area contributed by atoms with Crippen molar-refractivity contribution in [1.82, 2.24) is 14.9 Å². The van der Waals surface area contributed by atoms with Crippen LogP contribution < -0.4 is 21.3 Å². The van der Waals surface area contributed by atoms with Gasteiger partial charge in [0, 0.05) is 19.2 Å². The Balaban J connectivity index is 1.36. The summed E-state index contributed by atoms with van der Waals surface area (Å²) in [7, 11) is -3.84. The molecule has 1 saturated heterocycles. The molecule has 1 aliphatic rings. The molecule has 2 aromatic rings. The first-order valence-electron chi connectivity index (χ1n) is 18.6. The zero-order chi connectivity index (χ0) is 39.1. The van der Waals surface area contributed by atoms with Crippen molar-refractivity contribution in [3.63, 3.8) is 0 Å². The third-order valence-electron chi connectivity index (χ3n) is 8.35. The number of aliphatic hydroxyl groups excluding tert-OH is 1. The minimum absolute atomic E-state index is 0.00519. The number of aliphatic hydroxyl groups is 2.